The minimum atomic E-state index is -3.42. The van der Waals surface area contributed by atoms with Gasteiger partial charge in [0.1, 0.15) is 10.7 Å². The lowest BCUT2D eigenvalue weighted by Crippen LogP contribution is -2.38. The highest BCUT2D eigenvalue weighted by Crippen LogP contribution is 2.35. The average molecular weight is 311 g/mol. The van der Waals surface area contributed by atoms with E-state index in [-0.39, 0.29) is 4.90 Å². The summed E-state index contributed by atoms with van der Waals surface area (Å²) in [6, 6.07) is 3.67. The van der Waals surface area contributed by atoms with Crippen molar-refractivity contribution in [3.05, 3.63) is 18.3 Å². The summed E-state index contributed by atoms with van der Waals surface area (Å²) in [4.78, 5) is 4.41. The van der Waals surface area contributed by atoms with Crippen LogP contribution in [0, 0.1) is 5.92 Å². The van der Waals surface area contributed by atoms with Crippen molar-refractivity contribution < 1.29 is 13.2 Å². The minimum absolute atomic E-state index is 0.182. The zero-order chi connectivity index (χ0) is 14.9. The Hall–Kier alpha value is -1.18. The number of nitrogens with zero attached hydrogens (tertiary/aromatic N) is 1. The van der Waals surface area contributed by atoms with Crippen molar-refractivity contribution in [1.82, 2.24) is 9.71 Å². The Balaban J connectivity index is 1.70. The van der Waals surface area contributed by atoms with Crippen LogP contribution in [0.5, 0.6) is 0 Å². The van der Waals surface area contributed by atoms with Crippen molar-refractivity contribution in [3.8, 4) is 0 Å². The van der Waals surface area contributed by atoms with Gasteiger partial charge in [-0.25, -0.2) is 18.1 Å². The second-order valence-electron chi connectivity index (χ2n) is 5.63. The molecule has 2 heterocycles. The van der Waals surface area contributed by atoms with Crippen molar-refractivity contribution in [2.24, 2.45) is 5.92 Å². The zero-order valence-corrected chi connectivity index (χ0v) is 12.9. The molecular weight excluding hydrogens is 290 g/mol. The van der Waals surface area contributed by atoms with E-state index < -0.39 is 10.0 Å². The third kappa shape index (κ3) is 3.04. The maximum atomic E-state index is 11.7. The van der Waals surface area contributed by atoms with E-state index in [0.29, 0.717) is 18.1 Å². The standard InChI is InChI=1S/C14H21N3O3S/c1-15-21(18,19)10-5-6-14(16-9-10)17-12-3-2-4-13-11(12)7-8-20-13/h5-6,9,11-13,15H,2-4,7-8H2,1H3,(H,16,17). The van der Waals surface area contributed by atoms with Gasteiger partial charge in [0.05, 0.1) is 6.10 Å². The van der Waals surface area contributed by atoms with E-state index in [1.165, 1.54) is 13.2 Å². The number of nitrogens with one attached hydrogen (secondary N) is 2. The van der Waals surface area contributed by atoms with Gasteiger partial charge >= 0.3 is 0 Å². The van der Waals surface area contributed by atoms with Gasteiger partial charge in [0.2, 0.25) is 10.0 Å². The quantitative estimate of drug-likeness (QED) is 0.877. The topological polar surface area (TPSA) is 80.3 Å². The Morgan fingerprint density at radius 2 is 2.14 bits per heavy atom. The van der Waals surface area contributed by atoms with Crippen molar-refractivity contribution in [1.29, 1.82) is 0 Å². The molecule has 0 amide bonds. The van der Waals surface area contributed by atoms with E-state index in [4.69, 9.17) is 4.74 Å². The molecule has 2 fully saturated rings. The smallest absolute Gasteiger partial charge is 0.241 e. The van der Waals surface area contributed by atoms with Crippen LogP contribution in [0.2, 0.25) is 0 Å². The van der Waals surface area contributed by atoms with Crippen LogP contribution in [-0.4, -0.2) is 39.2 Å². The summed E-state index contributed by atoms with van der Waals surface area (Å²) in [6.07, 6.45) is 6.28. The van der Waals surface area contributed by atoms with E-state index in [2.05, 4.69) is 15.0 Å². The molecule has 3 atom stereocenters. The number of hydrogen-bond acceptors (Lipinski definition) is 5. The molecule has 0 aromatic carbocycles. The summed E-state index contributed by atoms with van der Waals surface area (Å²) in [5.74, 6) is 1.27. The third-order valence-electron chi connectivity index (χ3n) is 4.43. The van der Waals surface area contributed by atoms with Gasteiger partial charge < -0.3 is 10.1 Å². The Morgan fingerprint density at radius 3 is 2.86 bits per heavy atom. The molecule has 0 spiro atoms. The van der Waals surface area contributed by atoms with Crippen molar-refractivity contribution in [2.75, 3.05) is 19.0 Å². The van der Waals surface area contributed by atoms with Crippen LogP contribution in [0.4, 0.5) is 5.82 Å². The molecule has 0 bridgehead atoms. The van der Waals surface area contributed by atoms with E-state index in [1.807, 2.05) is 0 Å². The first-order chi connectivity index (χ1) is 10.1. The predicted octanol–water partition coefficient (Wildman–Crippen LogP) is 1.36. The molecule has 6 nitrogen and oxygen atoms in total. The Bertz CT molecular complexity index is 588. The van der Waals surface area contributed by atoms with Crippen LogP contribution < -0.4 is 10.0 Å². The normalized spacial score (nSPS) is 29.1. The van der Waals surface area contributed by atoms with Crippen LogP contribution in [0.1, 0.15) is 25.7 Å². The highest BCUT2D eigenvalue weighted by Gasteiger charge is 2.37. The molecular formula is C14H21N3O3S. The van der Waals surface area contributed by atoms with Gasteiger partial charge in [-0.1, -0.05) is 0 Å². The molecule has 3 unspecified atom stereocenters. The fraction of sp³-hybridized carbons (Fsp3) is 0.643. The Morgan fingerprint density at radius 1 is 1.29 bits per heavy atom. The van der Waals surface area contributed by atoms with Crippen LogP contribution in [-0.2, 0) is 14.8 Å². The SMILES string of the molecule is CNS(=O)(=O)c1ccc(NC2CCCC3OCCC23)nc1. The molecule has 1 saturated heterocycles. The summed E-state index contributed by atoms with van der Waals surface area (Å²) in [6.45, 7) is 0.848. The maximum Gasteiger partial charge on any atom is 0.241 e. The zero-order valence-electron chi connectivity index (χ0n) is 12.1. The summed E-state index contributed by atoms with van der Waals surface area (Å²) in [5.41, 5.74) is 0. The molecule has 1 aromatic rings. The molecule has 21 heavy (non-hydrogen) atoms. The first-order valence-corrected chi connectivity index (χ1v) is 8.86. The van der Waals surface area contributed by atoms with E-state index in [9.17, 15) is 8.42 Å². The van der Waals surface area contributed by atoms with Gasteiger partial charge in [-0.2, -0.15) is 0 Å². The Kier molecular flexibility index (Phi) is 4.14. The van der Waals surface area contributed by atoms with Gasteiger partial charge in [-0.15, -0.1) is 0 Å². The first kappa shape index (κ1) is 14.7. The van der Waals surface area contributed by atoms with Crippen LogP contribution in [0.25, 0.3) is 0 Å². The summed E-state index contributed by atoms with van der Waals surface area (Å²) in [5, 5.41) is 3.44. The monoisotopic (exact) mass is 311 g/mol. The third-order valence-corrected chi connectivity index (χ3v) is 5.83. The molecule has 3 rings (SSSR count). The van der Waals surface area contributed by atoms with Gasteiger partial charge in [0.25, 0.3) is 0 Å². The van der Waals surface area contributed by atoms with Gasteiger partial charge in [0, 0.05) is 24.8 Å². The molecule has 1 aromatic heterocycles. The minimum Gasteiger partial charge on any atom is -0.378 e. The lowest BCUT2D eigenvalue weighted by Gasteiger charge is -2.33. The van der Waals surface area contributed by atoms with Crippen molar-refractivity contribution in [3.63, 3.8) is 0 Å². The number of sulfonamides is 1. The van der Waals surface area contributed by atoms with Crippen molar-refractivity contribution in [2.45, 2.75) is 42.7 Å². The fourth-order valence-corrected chi connectivity index (χ4v) is 3.96. The van der Waals surface area contributed by atoms with Crippen LogP contribution >= 0.6 is 0 Å². The molecule has 116 valence electrons. The molecule has 1 aliphatic heterocycles. The van der Waals surface area contributed by atoms with Crippen molar-refractivity contribution >= 4 is 15.8 Å². The van der Waals surface area contributed by atoms with Crippen LogP contribution in [0.3, 0.4) is 0 Å². The largest absolute Gasteiger partial charge is 0.378 e. The molecule has 2 N–H and O–H groups in total. The molecule has 7 heteroatoms. The number of ether oxygens (including phenoxy) is 1. The molecule has 0 radical (unpaired) electrons. The summed E-state index contributed by atoms with van der Waals surface area (Å²) >= 11 is 0. The first-order valence-electron chi connectivity index (χ1n) is 7.38. The lowest BCUT2D eigenvalue weighted by molar-refractivity contribution is 0.0619. The van der Waals surface area contributed by atoms with Gasteiger partial charge in [-0.05, 0) is 44.9 Å². The number of aromatic nitrogens is 1. The van der Waals surface area contributed by atoms with E-state index >= 15 is 0 Å². The second kappa shape index (κ2) is 5.90. The lowest BCUT2D eigenvalue weighted by atomic mass is 9.82. The fourth-order valence-electron chi connectivity index (χ4n) is 3.29. The highest BCUT2D eigenvalue weighted by atomic mass is 32.2. The average Bonchev–Trinajstić information content (AvgIpc) is 2.97. The van der Waals surface area contributed by atoms with E-state index in [0.717, 1.165) is 38.1 Å². The number of hydrogen-bond donors (Lipinski definition) is 2. The number of fused-ring (bicyclic) bond motifs is 1. The van der Waals surface area contributed by atoms with Gasteiger partial charge in [-0.3, -0.25) is 0 Å². The summed E-state index contributed by atoms with van der Waals surface area (Å²) in [7, 11) is -2.03. The van der Waals surface area contributed by atoms with E-state index in [1.54, 1.807) is 12.1 Å². The number of pyridine rings is 1. The molecule has 2 aliphatic rings. The summed E-state index contributed by atoms with van der Waals surface area (Å²) < 4.78 is 31.4. The van der Waals surface area contributed by atoms with Gasteiger partial charge in [0.15, 0.2) is 0 Å². The number of anilines is 1. The maximum absolute atomic E-state index is 11.7. The predicted molar refractivity (Wildman–Crippen MR) is 79.6 cm³/mol. The molecule has 1 saturated carbocycles. The second-order valence-corrected chi connectivity index (χ2v) is 7.52. The van der Waals surface area contributed by atoms with Crippen LogP contribution in [0.15, 0.2) is 23.2 Å². The number of rotatable bonds is 4. The molecule has 1 aliphatic carbocycles. The highest BCUT2D eigenvalue weighted by molar-refractivity contribution is 7.89. The Labute approximate surface area is 125 Å².